The van der Waals surface area contributed by atoms with Crippen molar-refractivity contribution in [3.63, 3.8) is 0 Å². The molecule has 7 nitrogen and oxygen atoms in total. The number of carbonyl (C=O) groups excluding carboxylic acids is 3. The zero-order chi connectivity index (χ0) is 22.4. The van der Waals surface area contributed by atoms with Gasteiger partial charge in [-0.3, -0.25) is 4.79 Å². The molecule has 1 N–H and O–H groups in total. The molecule has 7 heteroatoms. The summed E-state index contributed by atoms with van der Waals surface area (Å²) in [6.07, 6.45) is 4.54. The molecule has 2 amide bonds. The molecule has 0 aromatic carbocycles. The van der Waals surface area contributed by atoms with Crippen LogP contribution in [0.1, 0.15) is 67.2 Å². The third-order valence-electron chi connectivity index (χ3n) is 4.27. The SMILES string of the molecule is C=CC[C@@H]1CC[C@@H](C(=O)OC(C)(C)C)N1C(=O)[C@H](CC=C)NC(=O)OC(C)(C)C. The van der Waals surface area contributed by atoms with E-state index in [1.54, 1.807) is 58.6 Å². The lowest BCUT2D eigenvalue weighted by atomic mass is 10.1. The average Bonchev–Trinajstić information content (AvgIpc) is 2.94. The number of alkyl carbamates (subject to hydrolysis) is 1. The molecule has 1 rings (SSSR count). The molecule has 0 spiro atoms. The van der Waals surface area contributed by atoms with Gasteiger partial charge in [0.2, 0.25) is 5.91 Å². The Labute approximate surface area is 174 Å². The summed E-state index contributed by atoms with van der Waals surface area (Å²) >= 11 is 0. The Morgan fingerprint density at radius 3 is 2.10 bits per heavy atom. The first-order valence-corrected chi connectivity index (χ1v) is 10.1. The van der Waals surface area contributed by atoms with Crippen molar-refractivity contribution in [3.05, 3.63) is 25.3 Å². The standard InChI is InChI=1S/C22H36N2O5/c1-9-11-15-13-14-17(19(26)28-21(3,4)5)24(15)18(25)16(12-10-2)23-20(27)29-22(6,7)8/h9-10,15-17H,1-2,11-14H2,3-8H3,(H,23,27)/t15-,16+,17+/m1/s1. The summed E-state index contributed by atoms with van der Waals surface area (Å²) in [5, 5.41) is 2.62. The van der Waals surface area contributed by atoms with Gasteiger partial charge in [0.1, 0.15) is 23.3 Å². The summed E-state index contributed by atoms with van der Waals surface area (Å²) < 4.78 is 10.8. The van der Waals surface area contributed by atoms with Gasteiger partial charge < -0.3 is 19.7 Å². The highest BCUT2D eigenvalue weighted by atomic mass is 16.6. The number of hydrogen-bond acceptors (Lipinski definition) is 5. The monoisotopic (exact) mass is 408 g/mol. The van der Waals surface area contributed by atoms with Crippen LogP contribution in [0.2, 0.25) is 0 Å². The molecule has 0 unspecified atom stereocenters. The van der Waals surface area contributed by atoms with Crippen LogP contribution in [0.15, 0.2) is 25.3 Å². The van der Waals surface area contributed by atoms with Crippen molar-refractivity contribution in [2.24, 2.45) is 0 Å². The number of ether oxygens (including phenoxy) is 2. The van der Waals surface area contributed by atoms with E-state index in [4.69, 9.17) is 9.47 Å². The summed E-state index contributed by atoms with van der Waals surface area (Å²) in [6.45, 7) is 18.0. The van der Waals surface area contributed by atoms with Crippen molar-refractivity contribution >= 4 is 18.0 Å². The molecule has 29 heavy (non-hydrogen) atoms. The maximum atomic E-state index is 13.4. The Morgan fingerprint density at radius 1 is 1.03 bits per heavy atom. The summed E-state index contributed by atoms with van der Waals surface area (Å²) in [6, 6.07) is -1.75. The maximum absolute atomic E-state index is 13.4. The molecule has 0 aromatic heterocycles. The lowest BCUT2D eigenvalue weighted by Crippen LogP contribution is -2.55. The second-order valence-electron chi connectivity index (χ2n) is 9.27. The predicted molar refractivity (Wildman–Crippen MR) is 112 cm³/mol. The smallest absolute Gasteiger partial charge is 0.408 e. The van der Waals surface area contributed by atoms with Gasteiger partial charge in [-0.1, -0.05) is 12.2 Å². The summed E-state index contributed by atoms with van der Waals surface area (Å²) in [5.41, 5.74) is -1.35. The molecule has 1 heterocycles. The highest BCUT2D eigenvalue weighted by Gasteiger charge is 2.44. The second kappa shape index (κ2) is 9.94. The largest absolute Gasteiger partial charge is 0.458 e. The van der Waals surface area contributed by atoms with Gasteiger partial charge >= 0.3 is 12.1 Å². The quantitative estimate of drug-likeness (QED) is 0.512. The Balaban J connectivity index is 3.08. The first kappa shape index (κ1) is 24.7. The van der Waals surface area contributed by atoms with E-state index >= 15 is 0 Å². The molecule has 0 aliphatic carbocycles. The van der Waals surface area contributed by atoms with Gasteiger partial charge in [0, 0.05) is 6.04 Å². The van der Waals surface area contributed by atoms with Gasteiger partial charge in [0.05, 0.1) is 0 Å². The fourth-order valence-corrected chi connectivity index (χ4v) is 3.26. The molecule has 0 bridgehead atoms. The predicted octanol–water partition coefficient (Wildman–Crippen LogP) is 3.73. The van der Waals surface area contributed by atoms with Crippen molar-refractivity contribution in [3.8, 4) is 0 Å². The second-order valence-corrected chi connectivity index (χ2v) is 9.27. The van der Waals surface area contributed by atoms with Crippen molar-refractivity contribution in [2.75, 3.05) is 0 Å². The van der Waals surface area contributed by atoms with E-state index in [1.165, 1.54) is 0 Å². The van der Waals surface area contributed by atoms with Crippen LogP contribution in [0, 0.1) is 0 Å². The first-order chi connectivity index (χ1) is 13.3. The van der Waals surface area contributed by atoms with Crippen LogP contribution in [-0.2, 0) is 19.1 Å². The minimum Gasteiger partial charge on any atom is -0.458 e. The summed E-state index contributed by atoms with van der Waals surface area (Å²) in [7, 11) is 0. The normalized spacial score (nSPS) is 20.6. The lowest BCUT2D eigenvalue weighted by Gasteiger charge is -2.33. The maximum Gasteiger partial charge on any atom is 0.408 e. The molecule has 1 saturated heterocycles. The first-order valence-electron chi connectivity index (χ1n) is 10.1. The Bertz CT molecular complexity index is 630. The molecular formula is C22H36N2O5. The van der Waals surface area contributed by atoms with Crippen LogP contribution in [0.4, 0.5) is 4.79 Å². The van der Waals surface area contributed by atoms with Crippen molar-refractivity contribution < 1.29 is 23.9 Å². The molecule has 1 fully saturated rings. The van der Waals surface area contributed by atoms with Gasteiger partial charge in [-0.15, -0.1) is 13.2 Å². The van der Waals surface area contributed by atoms with Crippen LogP contribution in [0.25, 0.3) is 0 Å². The van der Waals surface area contributed by atoms with Crippen LogP contribution < -0.4 is 5.32 Å². The Morgan fingerprint density at radius 2 is 1.62 bits per heavy atom. The number of carbonyl (C=O) groups is 3. The van der Waals surface area contributed by atoms with Crippen LogP contribution >= 0.6 is 0 Å². The third-order valence-corrected chi connectivity index (χ3v) is 4.27. The van der Waals surface area contributed by atoms with E-state index < -0.39 is 35.3 Å². The molecule has 0 aromatic rings. The van der Waals surface area contributed by atoms with E-state index in [2.05, 4.69) is 18.5 Å². The molecular weight excluding hydrogens is 372 g/mol. The highest BCUT2D eigenvalue weighted by Crippen LogP contribution is 2.30. The molecule has 1 aliphatic heterocycles. The van der Waals surface area contributed by atoms with Gasteiger partial charge in [-0.25, -0.2) is 9.59 Å². The van der Waals surface area contributed by atoms with E-state index in [0.29, 0.717) is 19.3 Å². The van der Waals surface area contributed by atoms with Gasteiger partial charge in [0.25, 0.3) is 0 Å². The molecule has 1 aliphatic rings. The number of hydrogen-bond donors (Lipinski definition) is 1. The van der Waals surface area contributed by atoms with Gasteiger partial charge in [0.15, 0.2) is 0 Å². The van der Waals surface area contributed by atoms with Crippen molar-refractivity contribution in [1.29, 1.82) is 0 Å². The number of nitrogens with one attached hydrogen (secondary N) is 1. The summed E-state index contributed by atoms with van der Waals surface area (Å²) in [4.78, 5) is 39.9. The topological polar surface area (TPSA) is 84.9 Å². The van der Waals surface area contributed by atoms with Crippen LogP contribution in [0.5, 0.6) is 0 Å². The number of rotatable bonds is 7. The average molecular weight is 409 g/mol. The Kier molecular flexibility index (Phi) is 8.48. The van der Waals surface area contributed by atoms with E-state index in [0.717, 1.165) is 0 Å². The Hall–Kier alpha value is -2.31. The lowest BCUT2D eigenvalue weighted by molar-refractivity contribution is -0.164. The van der Waals surface area contributed by atoms with Crippen molar-refractivity contribution in [1.82, 2.24) is 10.2 Å². The van der Waals surface area contributed by atoms with E-state index in [1.807, 2.05) is 0 Å². The zero-order valence-corrected chi connectivity index (χ0v) is 18.6. The molecule has 164 valence electrons. The molecule has 3 atom stereocenters. The number of nitrogens with zero attached hydrogens (tertiary/aromatic N) is 1. The highest BCUT2D eigenvalue weighted by molar-refractivity contribution is 5.90. The molecule has 0 radical (unpaired) electrons. The fourth-order valence-electron chi connectivity index (χ4n) is 3.26. The number of likely N-dealkylation sites (tertiary alicyclic amines) is 1. The molecule has 0 saturated carbocycles. The fraction of sp³-hybridized carbons (Fsp3) is 0.682. The third kappa shape index (κ3) is 7.91. The zero-order valence-electron chi connectivity index (χ0n) is 18.6. The van der Waals surface area contributed by atoms with E-state index in [-0.39, 0.29) is 18.4 Å². The van der Waals surface area contributed by atoms with Crippen molar-refractivity contribution in [2.45, 2.75) is 96.6 Å². The van der Waals surface area contributed by atoms with Gasteiger partial charge in [-0.05, 0) is 67.2 Å². The van der Waals surface area contributed by atoms with Gasteiger partial charge in [-0.2, -0.15) is 0 Å². The number of amides is 2. The van der Waals surface area contributed by atoms with Crippen LogP contribution in [0.3, 0.4) is 0 Å². The van der Waals surface area contributed by atoms with E-state index in [9.17, 15) is 14.4 Å². The number of esters is 1. The minimum atomic E-state index is -0.877. The summed E-state index contributed by atoms with van der Waals surface area (Å²) in [5.74, 6) is -0.789. The minimum absolute atomic E-state index is 0.176. The van der Waals surface area contributed by atoms with Crippen LogP contribution in [-0.4, -0.2) is 52.2 Å².